The van der Waals surface area contributed by atoms with E-state index in [1.54, 1.807) is 0 Å². The van der Waals surface area contributed by atoms with Crippen molar-refractivity contribution in [3.63, 3.8) is 0 Å². The predicted molar refractivity (Wildman–Crippen MR) is 97.3 cm³/mol. The highest BCUT2D eigenvalue weighted by atomic mass is 16.5. The van der Waals surface area contributed by atoms with Gasteiger partial charge in [-0.3, -0.25) is 4.79 Å². The molecule has 3 heteroatoms. The normalized spacial score (nSPS) is 15.0. The van der Waals surface area contributed by atoms with E-state index in [1.165, 1.54) is 24.8 Å². The Labute approximate surface area is 144 Å². The van der Waals surface area contributed by atoms with Crippen LogP contribution in [-0.4, -0.2) is 12.5 Å². The third kappa shape index (κ3) is 4.85. The molecule has 0 aromatic heterocycles. The first-order valence-corrected chi connectivity index (χ1v) is 8.89. The van der Waals surface area contributed by atoms with Gasteiger partial charge in [0.2, 0.25) is 5.91 Å². The van der Waals surface area contributed by atoms with Crippen LogP contribution in [0.4, 0.5) is 5.69 Å². The molecule has 1 aliphatic carbocycles. The van der Waals surface area contributed by atoms with Crippen LogP contribution in [0.25, 0.3) is 0 Å². The van der Waals surface area contributed by atoms with E-state index in [-0.39, 0.29) is 11.8 Å². The zero-order valence-electron chi connectivity index (χ0n) is 14.0. The molecule has 0 aliphatic heterocycles. The molecular formula is C21H25NO2. The summed E-state index contributed by atoms with van der Waals surface area (Å²) < 4.78 is 5.77. The Balaban J connectivity index is 1.45. The van der Waals surface area contributed by atoms with Crippen molar-refractivity contribution in [1.29, 1.82) is 0 Å². The molecule has 0 unspecified atom stereocenters. The molecule has 3 rings (SSSR count). The Morgan fingerprint density at radius 3 is 2.38 bits per heavy atom. The highest BCUT2D eigenvalue weighted by Gasteiger charge is 2.20. The maximum absolute atomic E-state index is 12.2. The standard InChI is InChI=1S/C21H25NO2/c23-21(18-9-5-2-6-10-18)22-19-11-13-20(14-12-19)24-16-15-17-7-3-1-4-8-17/h1,3-4,7-8,11-14,18H,2,5-6,9-10,15-16H2,(H,22,23). The third-order valence-corrected chi connectivity index (χ3v) is 4.60. The van der Waals surface area contributed by atoms with Gasteiger partial charge in [0.25, 0.3) is 0 Å². The summed E-state index contributed by atoms with van der Waals surface area (Å²) in [6.07, 6.45) is 6.54. The molecule has 0 heterocycles. The topological polar surface area (TPSA) is 38.3 Å². The van der Waals surface area contributed by atoms with E-state index in [2.05, 4.69) is 17.4 Å². The van der Waals surface area contributed by atoms with E-state index >= 15 is 0 Å². The summed E-state index contributed by atoms with van der Waals surface area (Å²) in [4.78, 5) is 12.2. The molecule has 126 valence electrons. The molecule has 0 radical (unpaired) electrons. The van der Waals surface area contributed by atoms with Crippen LogP contribution in [0.2, 0.25) is 0 Å². The van der Waals surface area contributed by atoms with Crippen LogP contribution < -0.4 is 10.1 Å². The van der Waals surface area contributed by atoms with Gasteiger partial charge in [-0.15, -0.1) is 0 Å². The Bertz CT molecular complexity index is 631. The van der Waals surface area contributed by atoms with E-state index in [0.717, 1.165) is 30.7 Å². The molecule has 2 aromatic rings. The lowest BCUT2D eigenvalue weighted by Gasteiger charge is -2.20. The summed E-state index contributed by atoms with van der Waals surface area (Å²) in [7, 11) is 0. The second kappa shape index (κ2) is 8.53. The minimum Gasteiger partial charge on any atom is -0.493 e. The predicted octanol–water partition coefficient (Wildman–Crippen LogP) is 4.83. The van der Waals surface area contributed by atoms with Crippen molar-refractivity contribution in [3.05, 3.63) is 60.2 Å². The van der Waals surface area contributed by atoms with Crippen LogP contribution in [0, 0.1) is 5.92 Å². The van der Waals surface area contributed by atoms with E-state index in [4.69, 9.17) is 4.74 Å². The molecule has 24 heavy (non-hydrogen) atoms. The first-order chi connectivity index (χ1) is 11.8. The average Bonchev–Trinajstić information content (AvgIpc) is 2.65. The highest BCUT2D eigenvalue weighted by Crippen LogP contribution is 2.25. The molecule has 1 amide bonds. The van der Waals surface area contributed by atoms with Crippen LogP contribution in [0.15, 0.2) is 54.6 Å². The number of amides is 1. The quantitative estimate of drug-likeness (QED) is 0.827. The van der Waals surface area contributed by atoms with Crippen molar-refractivity contribution in [1.82, 2.24) is 0 Å². The first kappa shape index (κ1) is 16.6. The van der Waals surface area contributed by atoms with Crippen molar-refractivity contribution in [2.75, 3.05) is 11.9 Å². The average molecular weight is 323 g/mol. The van der Waals surface area contributed by atoms with E-state index < -0.39 is 0 Å². The van der Waals surface area contributed by atoms with Gasteiger partial charge >= 0.3 is 0 Å². The number of ether oxygens (including phenoxy) is 1. The third-order valence-electron chi connectivity index (χ3n) is 4.60. The van der Waals surface area contributed by atoms with Crippen LogP contribution in [-0.2, 0) is 11.2 Å². The van der Waals surface area contributed by atoms with Gasteiger partial charge in [0.1, 0.15) is 5.75 Å². The maximum atomic E-state index is 12.2. The second-order valence-corrected chi connectivity index (χ2v) is 6.43. The molecule has 0 spiro atoms. The van der Waals surface area contributed by atoms with E-state index in [0.29, 0.717) is 6.61 Å². The molecule has 1 saturated carbocycles. The van der Waals surface area contributed by atoms with Gasteiger partial charge in [-0.05, 0) is 42.7 Å². The summed E-state index contributed by atoms with van der Waals surface area (Å²) in [6.45, 7) is 0.651. The molecular weight excluding hydrogens is 298 g/mol. The minimum atomic E-state index is 0.160. The van der Waals surface area contributed by atoms with Crippen molar-refractivity contribution >= 4 is 11.6 Å². The molecule has 1 fully saturated rings. The Morgan fingerprint density at radius 1 is 0.958 bits per heavy atom. The summed E-state index contributed by atoms with van der Waals surface area (Å²) in [5, 5.41) is 3.03. The highest BCUT2D eigenvalue weighted by molar-refractivity contribution is 5.92. The maximum Gasteiger partial charge on any atom is 0.227 e. The van der Waals surface area contributed by atoms with Crippen LogP contribution >= 0.6 is 0 Å². The molecule has 1 N–H and O–H groups in total. The number of anilines is 1. The number of rotatable bonds is 6. The Kier molecular flexibility index (Phi) is 5.89. The summed E-state index contributed by atoms with van der Waals surface area (Å²) >= 11 is 0. The lowest BCUT2D eigenvalue weighted by Crippen LogP contribution is -2.24. The fraction of sp³-hybridized carbons (Fsp3) is 0.381. The van der Waals surface area contributed by atoms with Crippen molar-refractivity contribution in [2.45, 2.75) is 38.5 Å². The fourth-order valence-electron chi connectivity index (χ4n) is 3.18. The lowest BCUT2D eigenvalue weighted by atomic mass is 9.88. The van der Waals surface area contributed by atoms with Crippen LogP contribution in [0.1, 0.15) is 37.7 Å². The zero-order valence-corrected chi connectivity index (χ0v) is 14.0. The van der Waals surface area contributed by atoms with Gasteiger partial charge in [-0.1, -0.05) is 49.6 Å². The van der Waals surface area contributed by atoms with Gasteiger partial charge < -0.3 is 10.1 Å². The van der Waals surface area contributed by atoms with Crippen molar-refractivity contribution in [3.8, 4) is 5.75 Å². The Hall–Kier alpha value is -2.29. The number of hydrogen-bond donors (Lipinski definition) is 1. The Morgan fingerprint density at radius 2 is 1.67 bits per heavy atom. The van der Waals surface area contributed by atoms with E-state index in [9.17, 15) is 4.79 Å². The van der Waals surface area contributed by atoms with Crippen molar-refractivity contribution < 1.29 is 9.53 Å². The molecule has 3 nitrogen and oxygen atoms in total. The number of carbonyl (C=O) groups is 1. The smallest absolute Gasteiger partial charge is 0.227 e. The zero-order chi connectivity index (χ0) is 16.6. The molecule has 1 aliphatic rings. The van der Waals surface area contributed by atoms with E-state index in [1.807, 2.05) is 42.5 Å². The molecule has 2 aromatic carbocycles. The minimum absolute atomic E-state index is 0.160. The molecule has 0 saturated heterocycles. The van der Waals surface area contributed by atoms with Crippen LogP contribution in [0.5, 0.6) is 5.75 Å². The number of benzene rings is 2. The molecule has 0 atom stereocenters. The van der Waals surface area contributed by atoms with Gasteiger partial charge in [-0.2, -0.15) is 0 Å². The van der Waals surface area contributed by atoms with Crippen molar-refractivity contribution in [2.24, 2.45) is 5.92 Å². The van der Waals surface area contributed by atoms with Crippen LogP contribution in [0.3, 0.4) is 0 Å². The largest absolute Gasteiger partial charge is 0.493 e. The first-order valence-electron chi connectivity index (χ1n) is 8.89. The van der Waals surface area contributed by atoms with Gasteiger partial charge in [0.15, 0.2) is 0 Å². The fourth-order valence-corrected chi connectivity index (χ4v) is 3.18. The lowest BCUT2D eigenvalue weighted by molar-refractivity contribution is -0.120. The second-order valence-electron chi connectivity index (χ2n) is 6.43. The van der Waals surface area contributed by atoms with Gasteiger partial charge in [0.05, 0.1) is 6.61 Å². The molecule has 0 bridgehead atoms. The summed E-state index contributed by atoms with van der Waals surface area (Å²) in [6, 6.07) is 18.0. The summed E-state index contributed by atoms with van der Waals surface area (Å²) in [5.41, 5.74) is 2.12. The number of nitrogens with one attached hydrogen (secondary N) is 1. The number of carbonyl (C=O) groups excluding carboxylic acids is 1. The summed E-state index contributed by atoms with van der Waals surface area (Å²) in [5.74, 6) is 1.18. The van der Waals surface area contributed by atoms with Gasteiger partial charge in [0, 0.05) is 18.0 Å². The monoisotopic (exact) mass is 323 g/mol. The van der Waals surface area contributed by atoms with Gasteiger partial charge in [-0.25, -0.2) is 0 Å². The SMILES string of the molecule is O=C(Nc1ccc(OCCc2ccccc2)cc1)C1CCCCC1. The number of hydrogen-bond acceptors (Lipinski definition) is 2.